The number of amides is 1. The normalized spacial score (nSPS) is 18.0. The van der Waals surface area contributed by atoms with E-state index < -0.39 is 23.7 Å². The zero-order valence-corrected chi connectivity index (χ0v) is 12.7. The van der Waals surface area contributed by atoms with Gasteiger partial charge in [0.15, 0.2) is 6.04 Å². The van der Waals surface area contributed by atoms with E-state index in [1.807, 2.05) is 0 Å². The van der Waals surface area contributed by atoms with Crippen molar-refractivity contribution in [1.29, 1.82) is 0 Å². The number of carbonyl (C=O) groups excluding carboxylic acids is 1. The first kappa shape index (κ1) is 15.9. The minimum absolute atomic E-state index is 0.126. The van der Waals surface area contributed by atoms with Crippen molar-refractivity contribution < 1.29 is 24.5 Å². The summed E-state index contributed by atoms with van der Waals surface area (Å²) < 4.78 is 5.26. The number of aromatic hydroxyl groups is 1. The molecule has 0 bridgehead atoms. The summed E-state index contributed by atoms with van der Waals surface area (Å²) in [6, 6.07) is 5.33. The third kappa shape index (κ3) is 3.58. The lowest BCUT2D eigenvalue weighted by molar-refractivity contribution is -0.140. The molecule has 0 saturated heterocycles. The van der Waals surface area contributed by atoms with Gasteiger partial charge in [0.1, 0.15) is 11.4 Å². The van der Waals surface area contributed by atoms with Crippen LogP contribution in [0.15, 0.2) is 30.3 Å². The van der Waals surface area contributed by atoms with Crippen molar-refractivity contribution >= 4 is 17.6 Å². The number of hydrogen-bond donors (Lipinski definition) is 2. The van der Waals surface area contributed by atoms with Crippen LogP contribution in [0.3, 0.4) is 0 Å². The van der Waals surface area contributed by atoms with E-state index in [4.69, 9.17) is 4.74 Å². The van der Waals surface area contributed by atoms with Gasteiger partial charge in [-0.2, -0.15) is 0 Å². The second-order valence-corrected chi connectivity index (χ2v) is 6.13. The molecule has 1 heterocycles. The number of carboxylic acids is 1. The summed E-state index contributed by atoms with van der Waals surface area (Å²) >= 11 is 0. The van der Waals surface area contributed by atoms with Crippen molar-refractivity contribution in [2.24, 2.45) is 0 Å². The third-order valence-electron chi connectivity index (χ3n) is 3.15. The SMILES string of the molecule is CC(C)(C)OC(=O)N1CC(c2ccc(O)cc2)=C[C@H]1C(=O)O. The number of carbonyl (C=O) groups is 2. The number of rotatable bonds is 2. The molecule has 2 rings (SSSR count). The Labute approximate surface area is 128 Å². The molecule has 0 saturated carbocycles. The molecule has 1 aromatic carbocycles. The molecule has 0 unspecified atom stereocenters. The van der Waals surface area contributed by atoms with Gasteiger partial charge in [0.2, 0.25) is 0 Å². The van der Waals surface area contributed by atoms with Crippen LogP contribution in [0.1, 0.15) is 26.3 Å². The molecule has 1 aromatic rings. The average Bonchev–Trinajstić information content (AvgIpc) is 2.83. The van der Waals surface area contributed by atoms with Crippen molar-refractivity contribution in [2.75, 3.05) is 6.54 Å². The summed E-state index contributed by atoms with van der Waals surface area (Å²) in [5.74, 6) is -0.985. The highest BCUT2D eigenvalue weighted by atomic mass is 16.6. The number of phenols is 1. The second kappa shape index (κ2) is 5.71. The number of hydrogen-bond acceptors (Lipinski definition) is 4. The first-order valence-electron chi connectivity index (χ1n) is 6.90. The highest BCUT2D eigenvalue weighted by Crippen LogP contribution is 2.28. The van der Waals surface area contributed by atoms with Crippen LogP contribution < -0.4 is 0 Å². The quantitative estimate of drug-likeness (QED) is 0.876. The molecule has 1 atom stereocenters. The zero-order valence-electron chi connectivity index (χ0n) is 12.7. The lowest BCUT2D eigenvalue weighted by Gasteiger charge is -2.27. The molecule has 0 aliphatic carbocycles. The van der Waals surface area contributed by atoms with Gasteiger partial charge >= 0.3 is 12.1 Å². The van der Waals surface area contributed by atoms with Gasteiger partial charge in [0.05, 0.1) is 6.54 Å². The van der Waals surface area contributed by atoms with Gasteiger partial charge in [-0.05, 0) is 50.1 Å². The fourth-order valence-corrected chi connectivity index (χ4v) is 2.18. The Morgan fingerprint density at radius 1 is 1.23 bits per heavy atom. The molecule has 2 N–H and O–H groups in total. The van der Waals surface area contributed by atoms with E-state index in [2.05, 4.69) is 0 Å². The number of ether oxygens (including phenoxy) is 1. The van der Waals surface area contributed by atoms with Crippen molar-refractivity contribution in [2.45, 2.75) is 32.4 Å². The predicted octanol–water partition coefficient (Wildman–Crippen LogP) is 2.48. The monoisotopic (exact) mass is 305 g/mol. The van der Waals surface area contributed by atoms with Crippen molar-refractivity contribution in [3.63, 3.8) is 0 Å². The lowest BCUT2D eigenvalue weighted by atomic mass is 10.1. The van der Waals surface area contributed by atoms with E-state index in [9.17, 15) is 19.8 Å². The van der Waals surface area contributed by atoms with E-state index >= 15 is 0 Å². The highest BCUT2D eigenvalue weighted by molar-refractivity contribution is 5.89. The minimum atomic E-state index is -1.11. The standard InChI is InChI=1S/C16H19NO5/c1-16(2,3)22-15(21)17-9-11(8-13(17)14(19)20)10-4-6-12(18)7-5-10/h4-8,13,18H,9H2,1-3H3,(H,19,20)/t13-/m0/s1. The predicted molar refractivity (Wildman–Crippen MR) is 80.4 cm³/mol. The van der Waals surface area contributed by atoms with Crippen molar-refractivity contribution in [3.05, 3.63) is 35.9 Å². The smallest absolute Gasteiger partial charge is 0.411 e. The Bertz CT molecular complexity index is 612. The third-order valence-corrected chi connectivity index (χ3v) is 3.15. The molecule has 1 amide bonds. The summed E-state index contributed by atoms with van der Waals surface area (Å²) in [6.45, 7) is 5.33. The second-order valence-electron chi connectivity index (χ2n) is 6.13. The molecular weight excluding hydrogens is 286 g/mol. The molecule has 6 nitrogen and oxygen atoms in total. The lowest BCUT2D eigenvalue weighted by Crippen LogP contribution is -2.43. The van der Waals surface area contributed by atoms with Gasteiger partial charge in [-0.1, -0.05) is 12.1 Å². The van der Waals surface area contributed by atoms with Crippen LogP contribution in [0, 0.1) is 0 Å². The molecule has 6 heteroatoms. The number of carboxylic acid groups (broad SMARTS) is 1. The van der Waals surface area contributed by atoms with Gasteiger partial charge < -0.3 is 14.9 Å². The fraction of sp³-hybridized carbons (Fsp3) is 0.375. The summed E-state index contributed by atoms with van der Waals surface area (Å²) in [7, 11) is 0. The summed E-state index contributed by atoms with van der Waals surface area (Å²) in [6.07, 6.45) is 0.864. The Morgan fingerprint density at radius 2 is 1.82 bits per heavy atom. The van der Waals surface area contributed by atoms with Crippen LogP contribution in [0.5, 0.6) is 5.75 Å². The first-order valence-corrected chi connectivity index (χ1v) is 6.90. The van der Waals surface area contributed by atoms with E-state index in [0.29, 0.717) is 5.57 Å². The van der Waals surface area contributed by atoms with Crippen LogP contribution in [-0.2, 0) is 9.53 Å². The zero-order chi connectivity index (χ0) is 16.5. The van der Waals surface area contributed by atoms with Crippen LogP contribution >= 0.6 is 0 Å². The fourth-order valence-electron chi connectivity index (χ4n) is 2.18. The molecule has 0 spiro atoms. The Balaban J connectivity index is 2.23. The van der Waals surface area contributed by atoms with Crippen LogP contribution in [0.2, 0.25) is 0 Å². The van der Waals surface area contributed by atoms with Crippen LogP contribution in [0.4, 0.5) is 4.79 Å². The van der Waals surface area contributed by atoms with Gasteiger partial charge in [-0.15, -0.1) is 0 Å². The van der Waals surface area contributed by atoms with E-state index in [1.165, 1.54) is 23.1 Å². The summed E-state index contributed by atoms with van der Waals surface area (Å²) in [5, 5.41) is 18.6. The summed E-state index contributed by atoms with van der Waals surface area (Å²) in [5.41, 5.74) is 0.773. The Morgan fingerprint density at radius 3 is 2.32 bits per heavy atom. The maximum atomic E-state index is 12.2. The van der Waals surface area contributed by atoms with Gasteiger partial charge in [0, 0.05) is 0 Å². The maximum absolute atomic E-state index is 12.2. The largest absolute Gasteiger partial charge is 0.508 e. The number of phenolic OH excluding ortho intramolecular Hbond substituents is 1. The van der Waals surface area contributed by atoms with Crippen LogP contribution in [0.25, 0.3) is 5.57 Å². The van der Waals surface area contributed by atoms with E-state index in [-0.39, 0.29) is 12.3 Å². The number of nitrogens with zero attached hydrogens (tertiary/aromatic N) is 1. The van der Waals surface area contributed by atoms with E-state index in [1.54, 1.807) is 32.9 Å². The number of aliphatic carboxylic acids is 1. The van der Waals surface area contributed by atoms with Gasteiger partial charge in [-0.3, -0.25) is 4.90 Å². The van der Waals surface area contributed by atoms with E-state index in [0.717, 1.165) is 5.56 Å². The Kier molecular flexibility index (Phi) is 4.12. The van der Waals surface area contributed by atoms with Gasteiger partial charge in [0.25, 0.3) is 0 Å². The van der Waals surface area contributed by atoms with Crippen molar-refractivity contribution in [1.82, 2.24) is 4.90 Å². The number of benzene rings is 1. The van der Waals surface area contributed by atoms with Gasteiger partial charge in [-0.25, -0.2) is 9.59 Å². The highest BCUT2D eigenvalue weighted by Gasteiger charge is 2.36. The molecule has 1 aliphatic heterocycles. The van der Waals surface area contributed by atoms with Crippen LogP contribution in [-0.4, -0.2) is 45.4 Å². The first-order chi connectivity index (χ1) is 10.2. The average molecular weight is 305 g/mol. The molecular formula is C16H19NO5. The topological polar surface area (TPSA) is 87.1 Å². The molecule has 0 fully saturated rings. The molecule has 0 aromatic heterocycles. The molecule has 1 aliphatic rings. The minimum Gasteiger partial charge on any atom is -0.508 e. The molecule has 118 valence electrons. The Hall–Kier alpha value is -2.50. The molecule has 0 radical (unpaired) electrons. The maximum Gasteiger partial charge on any atom is 0.411 e. The summed E-state index contributed by atoms with van der Waals surface area (Å²) in [4.78, 5) is 24.7. The molecule has 22 heavy (non-hydrogen) atoms. The van der Waals surface area contributed by atoms with Crippen molar-refractivity contribution in [3.8, 4) is 5.75 Å².